The summed E-state index contributed by atoms with van der Waals surface area (Å²) in [7, 11) is 0. The maximum Gasteiger partial charge on any atom is 0.335 e. The molecule has 0 radical (unpaired) electrons. The lowest BCUT2D eigenvalue weighted by Gasteiger charge is -2.25. The maximum atomic E-state index is 12.8. The summed E-state index contributed by atoms with van der Waals surface area (Å²) in [4.78, 5) is 49.3. The van der Waals surface area contributed by atoms with Crippen LogP contribution in [0.4, 0.5) is 0 Å². The average Bonchev–Trinajstić information content (AvgIpc) is 3.25. The van der Waals surface area contributed by atoms with E-state index in [0.29, 0.717) is 22.6 Å². The van der Waals surface area contributed by atoms with Crippen LogP contribution in [-0.2, 0) is 19.2 Å². The number of carbonyl (C=O) groups is 4. The van der Waals surface area contributed by atoms with Crippen molar-refractivity contribution in [3.8, 4) is 56.4 Å². The number of rotatable bonds is 14. The molecule has 6 aromatic carbocycles. The third kappa shape index (κ3) is 9.87. The van der Waals surface area contributed by atoms with E-state index in [1.54, 1.807) is 60.7 Å². The number of hydrogen-bond donors (Lipinski definition) is 0. The summed E-state index contributed by atoms with van der Waals surface area (Å²) < 4.78 is 22.3. The van der Waals surface area contributed by atoms with Crippen molar-refractivity contribution in [1.82, 2.24) is 0 Å². The van der Waals surface area contributed by atoms with Crippen molar-refractivity contribution >= 4 is 23.9 Å². The van der Waals surface area contributed by atoms with E-state index in [-0.39, 0.29) is 18.9 Å². The number of benzene rings is 6. The Morgan fingerprint density at radius 2 is 0.724 bits per heavy atom. The normalized spacial score (nSPS) is 10.3. The molecular formula is C50H40O8. The predicted octanol–water partition coefficient (Wildman–Crippen LogP) is 10.9. The second-order valence-corrected chi connectivity index (χ2v) is 12.5. The minimum absolute atomic E-state index is 0. The quantitative estimate of drug-likeness (QED) is 0.0467. The molecule has 0 saturated carbocycles. The van der Waals surface area contributed by atoms with Gasteiger partial charge in [0.05, 0.1) is 0 Å². The Kier molecular flexibility index (Phi) is 13.6. The van der Waals surface area contributed by atoms with Gasteiger partial charge in [-0.2, -0.15) is 0 Å². The molecule has 0 fully saturated rings. The first-order chi connectivity index (χ1) is 27.7. The molecule has 0 N–H and O–H groups in total. The molecule has 0 spiro atoms. The fraction of sp³-hybridized carbons (Fsp3) is 0.0400. The molecule has 0 aliphatic heterocycles. The summed E-state index contributed by atoms with van der Waals surface area (Å²) in [5.41, 5.74) is 6.98. The third-order valence-electron chi connectivity index (χ3n) is 8.89. The van der Waals surface area contributed by atoms with Crippen LogP contribution in [0.25, 0.3) is 33.4 Å². The van der Waals surface area contributed by atoms with Crippen LogP contribution in [0.1, 0.15) is 30.0 Å². The van der Waals surface area contributed by atoms with Gasteiger partial charge in [-0.3, -0.25) is 0 Å². The third-order valence-corrected chi connectivity index (χ3v) is 8.89. The second kappa shape index (κ2) is 19.2. The van der Waals surface area contributed by atoms with Gasteiger partial charge in [0.2, 0.25) is 0 Å². The maximum absolute atomic E-state index is 12.8. The second-order valence-electron chi connectivity index (χ2n) is 12.5. The lowest BCUT2D eigenvalue weighted by atomic mass is 9.81. The van der Waals surface area contributed by atoms with Crippen LogP contribution in [0.15, 0.2) is 190 Å². The molecule has 8 heteroatoms. The van der Waals surface area contributed by atoms with E-state index < -0.39 is 29.8 Å². The summed E-state index contributed by atoms with van der Waals surface area (Å²) in [5.74, 6) is -2.02. The van der Waals surface area contributed by atoms with E-state index in [0.717, 1.165) is 63.2 Å². The van der Waals surface area contributed by atoms with Crippen LogP contribution in [0.3, 0.4) is 0 Å². The first-order valence-corrected chi connectivity index (χ1v) is 17.7. The highest BCUT2D eigenvalue weighted by molar-refractivity contribution is 5.86. The van der Waals surface area contributed by atoms with Gasteiger partial charge in [-0.05, 0) is 87.5 Å². The van der Waals surface area contributed by atoms with Crippen molar-refractivity contribution in [3.05, 3.63) is 207 Å². The van der Waals surface area contributed by atoms with E-state index in [1.165, 1.54) is 0 Å². The van der Waals surface area contributed by atoms with Crippen molar-refractivity contribution < 1.29 is 38.1 Å². The van der Waals surface area contributed by atoms with E-state index in [9.17, 15) is 19.2 Å². The molecule has 0 aromatic heterocycles. The van der Waals surface area contributed by atoms with Crippen molar-refractivity contribution in [3.63, 3.8) is 0 Å². The predicted molar refractivity (Wildman–Crippen MR) is 227 cm³/mol. The molecule has 0 saturated heterocycles. The molecule has 0 bridgehead atoms. The van der Waals surface area contributed by atoms with Crippen molar-refractivity contribution in [2.24, 2.45) is 0 Å². The van der Waals surface area contributed by atoms with E-state index in [1.807, 2.05) is 78.9 Å². The molecule has 0 heterocycles. The summed E-state index contributed by atoms with van der Waals surface area (Å²) >= 11 is 0. The fourth-order valence-electron chi connectivity index (χ4n) is 6.16. The summed E-state index contributed by atoms with van der Waals surface area (Å²) in [5, 5.41) is 0. The SMILES string of the molecule is C.C=CC(=O)Oc1ccc(-c2ccc(OC(=O)C=C)c(C(c3ccc(-c4ccccc4)cc3)c3cc(-c4ccc(OC(=O)C=C)cc4)ccc3OC(=O)C=C)c2)cc1. The van der Waals surface area contributed by atoms with Crippen LogP contribution in [0.5, 0.6) is 23.0 Å². The first-order valence-electron chi connectivity index (χ1n) is 17.7. The Balaban J connectivity index is 0.00000641. The fourth-order valence-corrected chi connectivity index (χ4v) is 6.16. The largest absolute Gasteiger partial charge is 0.423 e. The number of esters is 4. The van der Waals surface area contributed by atoms with Gasteiger partial charge in [-0.1, -0.05) is 125 Å². The number of ether oxygens (including phenoxy) is 4. The van der Waals surface area contributed by atoms with Crippen LogP contribution >= 0.6 is 0 Å². The minimum atomic E-state index is -0.699. The zero-order valence-corrected chi connectivity index (χ0v) is 30.8. The Bertz CT molecular complexity index is 2340. The zero-order valence-electron chi connectivity index (χ0n) is 30.8. The molecule has 58 heavy (non-hydrogen) atoms. The van der Waals surface area contributed by atoms with Gasteiger partial charge in [-0.25, -0.2) is 19.2 Å². The number of hydrogen-bond acceptors (Lipinski definition) is 8. The summed E-state index contributed by atoms with van der Waals surface area (Å²) in [6.07, 6.45) is 4.33. The standard InChI is InChI=1S/C49H36O8.CH4/c1-5-45(50)54-39-24-18-34(19-25-39)37-22-28-43(56-47(52)7-3)41(30-37)49(36-16-14-33(15-17-36)32-12-10-9-11-13-32)42-31-38(23-29-44(42)57-48(53)8-4)35-20-26-40(27-21-35)55-46(51)6-2;/h5-31,49H,1-4H2;1H4. The van der Waals surface area contributed by atoms with Crippen LogP contribution in [0.2, 0.25) is 0 Å². The molecule has 288 valence electrons. The average molecular weight is 769 g/mol. The van der Waals surface area contributed by atoms with Crippen LogP contribution < -0.4 is 18.9 Å². The molecule has 0 unspecified atom stereocenters. The van der Waals surface area contributed by atoms with Gasteiger partial charge in [0, 0.05) is 41.3 Å². The smallest absolute Gasteiger partial charge is 0.335 e. The number of carbonyl (C=O) groups excluding carboxylic acids is 4. The van der Waals surface area contributed by atoms with Gasteiger partial charge in [0.1, 0.15) is 23.0 Å². The highest BCUT2D eigenvalue weighted by Crippen LogP contribution is 2.45. The molecule has 6 aromatic rings. The molecule has 0 aliphatic carbocycles. The van der Waals surface area contributed by atoms with Gasteiger partial charge < -0.3 is 18.9 Å². The van der Waals surface area contributed by atoms with Gasteiger partial charge in [-0.15, -0.1) is 0 Å². The van der Waals surface area contributed by atoms with E-state index in [4.69, 9.17) is 18.9 Å². The monoisotopic (exact) mass is 768 g/mol. The topological polar surface area (TPSA) is 105 Å². The minimum Gasteiger partial charge on any atom is -0.423 e. The van der Waals surface area contributed by atoms with Crippen molar-refractivity contribution in [1.29, 1.82) is 0 Å². The summed E-state index contributed by atoms with van der Waals surface area (Å²) in [6, 6.07) is 42.6. The van der Waals surface area contributed by atoms with E-state index in [2.05, 4.69) is 26.3 Å². The van der Waals surface area contributed by atoms with Crippen molar-refractivity contribution in [2.45, 2.75) is 13.3 Å². The lowest BCUT2D eigenvalue weighted by Crippen LogP contribution is -2.13. The van der Waals surface area contributed by atoms with Crippen LogP contribution in [0, 0.1) is 0 Å². The van der Waals surface area contributed by atoms with Crippen LogP contribution in [-0.4, -0.2) is 23.9 Å². The van der Waals surface area contributed by atoms with Gasteiger partial charge in [0.25, 0.3) is 0 Å². The highest BCUT2D eigenvalue weighted by atomic mass is 16.5. The molecule has 0 atom stereocenters. The molecular weight excluding hydrogens is 729 g/mol. The van der Waals surface area contributed by atoms with E-state index >= 15 is 0 Å². The molecule has 0 aliphatic rings. The Morgan fingerprint density at radius 3 is 1.12 bits per heavy atom. The molecule has 0 amide bonds. The zero-order chi connectivity index (χ0) is 40.3. The lowest BCUT2D eigenvalue weighted by molar-refractivity contribution is -0.129. The Labute approximate surface area is 337 Å². The highest BCUT2D eigenvalue weighted by Gasteiger charge is 2.27. The Morgan fingerprint density at radius 1 is 0.397 bits per heavy atom. The summed E-state index contributed by atoms with van der Waals surface area (Å²) in [6.45, 7) is 14.1. The first kappa shape index (κ1) is 41.3. The molecule has 6 rings (SSSR count). The Hall–Kier alpha value is -7.84. The van der Waals surface area contributed by atoms with Gasteiger partial charge >= 0.3 is 23.9 Å². The molecule has 8 nitrogen and oxygen atoms in total. The van der Waals surface area contributed by atoms with Gasteiger partial charge in [0.15, 0.2) is 0 Å². The van der Waals surface area contributed by atoms with Crippen molar-refractivity contribution in [2.75, 3.05) is 0 Å².